The van der Waals surface area contributed by atoms with Gasteiger partial charge in [-0.3, -0.25) is 0 Å². The van der Waals surface area contributed by atoms with Gasteiger partial charge in [0.2, 0.25) is 10.0 Å². The number of nitrogens with zero attached hydrogens (tertiary/aromatic N) is 1. The van der Waals surface area contributed by atoms with Gasteiger partial charge in [0.1, 0.15) is 5.75 Å². The van der Waals surface area contributed by atoms with Gasteiger partial charge in [-0.15, -0.1) is 0 Å². The monoisotopic (exact) mass is 356 g/mol. The van der Waals surface area contributed by atoms with Crippen molar-refractivity contribution in [3.05, 3.63) is 59.3 Å². The fourth-order valence-electron chi connectivity index (χ4n) is 3.64. The minimum absolute atomic E-state index is 0.308. The fraction of sp³-hybridized carbons (Fsp3) is 0.263. The van der Waals surface area contributed by atoms with Crippen LogP contribution >= 0.6 is 0 Å². The lowest BCUT2D eigenvalue weighted by Gasteiger charge is -2.21. The molecule has 0 aliphatic carbocycles. The Morgan fingerprint density at radius 2 is 1.84 bits per heavy atom. The third kappa shape index (κ3) is 2.53. The number of aromatic amines is 1. The van der Waals surface area contributed by atoms with Crippen LogP contribution in [-0.4, -0.2) is 31.4 Å². The Hall–Kier alpha value is -2.31. The molecule has 0 bridgehead atoms. The summed E-state index contributed by atoms with van der Waals surface area (Å²) >= 11 is 0. The summed E-state index contributed by atoms with van der Waals surface area (Å²) in [7, 11) is -1.93. The molecule has 2 aromatic carbocycles. The van der Waals surface area contributed by atoms with Crippen molar-refractivity contribution < 1.29 is 13.2 Å². The van der Waals surface area contributed by atoms with Crippen LogP contribution in [0.15, 0.2) is 47.4 Å². The number of nitrogens with one attached hydrogen (secondary N) is 1. The van der Waals surface area contributed by atoms with Gasteiger partial charge in [-0.2, -0.15) is 4.31 Å². The number of ether oxygens (including phenoxy) is 1. The molecule has 0 amide bonds. The first-order valence-corrected chi connectivity index (χ1v) is 9.68. The Kier molecular flexibility index (Phi) is 3.81. The van der Waals surface area contributed by atoms with Crippen molar-refractivity contribution in [2.24, 2.45) is 0 Å². The second-order valence-corrected chi connectivity index (χ2v) is 8.24. The zero-order valence-corrected chi connectivity index (χ0v) is 15.1. The predicted molar refractivity (Wildman–Crippen MR) is 97.3 cm³/mol. The topological polar surface area (TPSA) is 62.4 Å². The molecule has 130 valence electrons. The van der Waals surface area contributed by atoms with E-state index in [0.717, 1.165) is 27.9 Å². The highest BCUT2D eigenvalue weighted by molar-refractivity contribution is 7.89. The number of benzene rings is 2. The lowest BCUT2D eigenvalue weighted by Crippen LogP contribution is -2.31. The lowest BCUT2D eigenvalue weighted by molar-refractivity contribution is 0.385. The highest BCUT2D eigenvalue weighted by Gasteiger charge is 2.30. The third-order valence-electron chi connectivity index (χ3n) is 4.89. The van der Waals surface area contributed by atoms with Crippen molar-refractivity contribution in [3.63, 3.8) is 0 Å². The molecule has 1 N–H and O–H groups in total. The number of H-pyrrole nitrogens is 1. The first kappa shape index (κ1) is 16.2. The normalized spacial score (nSPS) is 15.3. The van der Waals surface area contributed by atoms with Gasteiger partial charge in [-0.05, 0) is 43.2 Å². The molecule has 0 unspecified atom stereocenters. The number of hydrogen-bond acceptors (Lipinski definition) is 3. The summed E-state index contributed by atoms with van der Waals surface area (Å²) in [6.07, 6.45) is 0.679. The molecule has 2 heterocycles. The molecule has 0 saturated carbocycles. The van der Waals surface area contributed by atoms with Crippen molar-refractivity contribution in [3.8, 4) is 5.75 Å². The van der Waals surface area contributed by atoms with E-state index >= 15 is 0 Å². The minimum atomic E-state index is -3.55. The molecule has 0 saturated heterocycles. The van der Waals surface area contributed by atoms with E-state index in [0.29, 0.717) is 24.4 Å². The maximum Gasteiger partial charge on any atom is 0.243 e. The highest BCUT2D eigenvalue weighted by atomic mass is 32.2. The van der Waals surface area contributed by atoms with Crippen LogP contribution in [0.25, 0.3) is 10.9 Å². The zero-order valence-electron chi connectivity index (χ0n) is 14.2. The number of sulfonamides is 1. The van der Waals surface area contributed by atoms with Gasteiger partial charge in [0.15, 0.2) is 0 Å². The van der Waals surface area contributed by atoms with E-state index in [9.17, 15) is 8.42 Å². The first-order valence-electron chi connectivity index (χ1n) is 8.24. The average Bonchev–Trinajstić information content (AvgIpc) is 2.81. The molecule has 1 aliphatic heterocycles. The molecule has 6 heteroatoms. The van der Waals surface area contributed by atoms with E-state index in [2.05, 4.69) is 4.98 Å². The molecule has 0 atom stereocenters. The number of rotatable bonds is 3. The SMILES string of the molecule is COc1ccc2[nH]c(C)c3c2c1CN(S(=O)(=O)c1ccccc1)CC3. The van der Waals surface area contributed by atoms with Gasteiger partial charge in [0.05, 0.1) is 12.0 Å². The van der Waals surface area contributed by atoms with E-state index in [4.69, 9.17) is 4.74 Å². The molecule has 1 aliphatic rings. The molecule has 25 heavy (non-hydrogen) atoms. The maximum absolute atomic E-state index is 13.1. The van der Waals surface area contributed by atoms with Gasteiger partial charge in [-0.1, -0.05) is 18.2 Å². The number of aryl methyl sites for hydroxylation is 1. The van der Waals surface area contributed by atoms with Crippen LogP contribution in [0.5, 0.6) is 5.75 Å². The van der Waals surface area contributed by atoms with E-state index in [-0.39, 0.29) is 0 Å². The summed E-state index contributed by atoms with van der Waals surface area (Å²) in [6, 6.07) is 12.5. The molecule has 1 aromatic heterocycles. The van der Waals surface area contributed by atoms with E-state index in [1.54, 1.807) is 35.7 Å². The van der Waals surface area contributed by atoms with Crippen LogP contribution in [0, 0.1) is 6.92 Å². The Labute approximate surface area is 147 Å². The van der Waals surface area contributed by atoms with Gasteiger partial charge in [0, 0.05) is 35.2 Å². The van der Waals surface area contributed by atoms with Crippen molar-refractivity contribution in [2.45, 2.75) is 24.8 Å². The van der Waals surface area contributed by atoms with Crippen LogP contribution in [0.2, 0.25) is 0 Å². The first-order chi connectivity index (χ1) is 12.0. The van der Waals surface area contributed by atoms with E-state index in [1.165, 1.54) is 5.56 Å². The second kappa shape index (κ2) is 5.89. The molecule has 0 spiro atoms. The molecule has 0 fully saturated rings. The highest BCUT2D eigenvalue weighted by Crippen LogP contribution is 2.36. The Morgan fingerprint density at radius 1 is 1.08 bits per heavy atom. The summed E-state index contributed by atoms with van der Waals surface area (Å²) in [5.74, 6) is 0.725. The fourth-order valence-corrected chi connectivity index (χ4v) is 5.07. The number of methoxy groups -OCH3 is 1. The number of aromatic nitrogens is 1. The Morgan fingerprint density at radius 3 is 2.56 bits per heavy atom. The molecule has 3 aromatic rings. The summed E-state index contributed by atoms with van der Waals surface area (Å²) in [5, 5.41) is 1.10. The molecule has 4 rings (SSSR count). The zero-order chi connectivity index (χ0) is 17.6. The van der Waals surface area contributed by atoms with E-state index in [1.807, 2.05) is 25.1 Å². The summed E-state index contributed by atoms with van der Waals surface area (Å²) < 4.78 is 33.3. The van der Waals surface area contributed by atoms with Crippen molar-refractivity contribution in [2.75, 3.05) is 13.7 Å². The smallest absolute Gasteiger partial charge is 0.243 e. The molecular weight excluding hydrogens is 336 g/mol. The van der Waals surface area contributed by atoms with Crippen LogP contribution in [0.1, 0.15) is 16.8 Å². The summed E-state index contributed by atoms with van der Waals surface area (Å²) in [6.45, 7) is 2.79. The van der Waals surface area contributed by atoms with Gasteiger partial charge >= 0.3 is 0 Å². The quantitative estimate of drug-likeness (QED) is 0.784. The lowest BCUT2D eigenvalue weighted by atomic mass is 10.0. The van der Waals surface area contributed by atoms with Gasteiger partial charge < -0.3 is 9.72 Å². The number of hydrogen-bond donors (Lipinski definition) is 1. The Bertz CT molecular complexity index is 1040. The van der Waals surface area contributed by atoms with Gasteiger partial charge in [0.25, 0.3) is 0 Å². The van der Waals surface area contributed by atoms with Gasteiger partial charge in [-0.25, -0.2) is 8.42 Å². The second-order valence-electron chi connectivity index (χ2n) is 6.30. The standard InChI is InChI=1S/C19H20N2O3S/c1-13-15-10-11-21(25(22,23)14-6-4-3-5-7-14)12-16-18(24-2)9-8-17(20-13)19(15)16/h3-9,20H,10-12H2,1-2H3. The third-order valence-corrected chi connectivity index (χ3v) is 6.75. The van der Waals surface area contributed by atoms with Crippen LogP contribution in [0.3, 0.4) is 0 Å². The maximum atomic E-state index is 13.1. The molecule has 0 radical (unpaired) electrons. The minimum Gasteiger partial charge on any atom is -0.496 e. The predicted octanol–water partition coefficient (Wildman–Crippen LogP) is 3.23. The van der Waals surface area contributed by atoms with E-state index < -0.39 is 10.0 Å². The summed E-state index contributed by atoms with van der Waals surface area (Å²) in [4.78, 5) is 3.72. The van der Waals surface area contributed by atoms with Crippen LogP contribution in [0.4, 0.5) is 0 Å². The van der Waals surface area contributed by atoms with Crippen molar-refractivity contribution in [1.29, 1.82) is 0 Å². The summed E-state index contributed by atoms with van der Waals surface area (Å²) in [5.41, 5.74) is 4.22. The average molecular weight is 356 g/mol. The van der Waals surface area contributed by atoms with Crippen LogP contribution in [-0.2, 0) is 23.0 Å². The van der Waals surface area contributed by atoms with Crippen LogP contribution < -0.4 is 4.74 Å². The van der Waals surface area contributed by atoms with Crippen molar-refractivity contribution in [1.82, 2.24) is 9.29 Å². The van der Waals surface area contributed by atoms with Crippen molar-refractivity contribution >= 4 is 20.9 Å². The molecular formula is C19H20N2O3S. The Balaban J connectivity index is 1.86. The molecule has 5 nitrogen and oxygen atoms in total. The largest absolute Gasteiger partial charge is 0.496 e.